The topological polar surface area (TPSA) is 154 Å². The molecular formula is C29H37BrFN7O4. The van der Waals surface area contributed by atoms with Crippen molar-refractivity contribution in [3.05, 3.63) is 58.3 Å². The van der Waals surface area contributed by atoms with E-state index in [2.05, 4.69) is 52.5 Å². The van der Waals surface area contributed by atoms with Gasteiger partial charge < -0.3 is 20.5 Å². The minimum atomic E-state index is -0.926. The molecule has 2 aromatic carbocycles. The number of alkyl carbamates (subject to hydrolysis) is 1. The maximum absolute atomic E-state index is 14.7. The van der Waals surface area contributed by atoms with Crippen LogP contribution in [0.1, 0.15) is 52.0 Å². The molecule has 1 heterocycles. The molecule has 5 N–H and O–H groups in total. The number of ether oxygens (including phenoxy) is 1. The molecule has 0 bridgehead atoms. The molecular weight excluding hydrogens is 609 g/mol. The van der Waals surface area contributed by atoms with Crippen LogP contribution in [0.5, 0.6) is 0 Å². The van der Waals surface area contributed by atoms with Gasteiger partial charge >= 0.3 is 6.09 Å². The van der Waals surface area contributed by atoms with Gasteiger partial charge in [-0.3, -0.25) is 10.1 Å². The largest absolute Gasteiger partial charge is 0.444 e. The van der Waals surface area contributed by atoms with Crippen molar-refractivity contribution >= 4 is 33.6 Å². The zero-order chi connectivity index (χ0) is 30.3. The average molecular weight is 647 g/mol. The average Bonchev–Trinajstić information content (AvgIpc) is 3.46. The van der Waals surface area contributed by atoms with Crippen LogP contribution >= 0.6 is 15.9 Å². The van der Waals surface area contributed by atoms with E-state index in [9.17, 15) is 19.1 Å². The highest BCUT2D eigenvalue weighted by Gasteiger charge is 2.30. The van der Waals surface area contributed by atoms with E-state index in [1.807, 2.05) is 45.0 Å². The molecule has 0 radical (unpaired) electrons. The summed E-state index contributed by atoms with van der Waals surface area (Å²) in [6, 6.07) is 11.0. The van der Waals surface area contributed by atoms with Crippen LogP contribution < -0.4 is 16.0 Å². The van der Waals surface area contributed by atoms with Gasteiger partial charge in [0.1, 0.15) is 17.6 Å². The molecule has 0 aliphatic heterocycles. The van der Waals surface area contributed by atoms with Crippen LogP contribution in [-0.2, 0) is 16.0 Å². The van der Waals surface area contributed by atoms with E-state index in [0.717, 1.165) is 35.7 Å². The van der Waals surface area contributed by atoms with Gasteiger partial charge in [0.05, 0.1) is 11.6 Å². The van der Waals surface area contributed by atoms with Gasteiger partial charge in [-0.05, 0) is 106 Å². The molecule has 4 rings (SSSR count). The molecule has 1 aromatic heterocycles. The first kappa shape index (κ1) is 31.5. The van der Waals surface area contributed by atoms with E-state index in [-0.39, 0.29) is 28.9 Å². The summed E-state index contributed by atoms with van der Waals surface area (Å²) in [7, 11) is 0. The number of halogens is 2. The molecule has 1 aliphatic rings. The number of nitrogens with one attached hydrogen (secondary N) is 4. The lowest BCUT2D eigenvalue weighted by atomic mass is 9.81. The number of carbonyl (C=O) groups is 2. The second kappa shape index (κ2) is 14.2. The summed E-state index contributed by atoms with van der Waals surface area (Å²) < 4.78 is 20.9. The van der Waals surface area contributed by atoms with Crippen LogP contribution in [0.15, 0.2) is 46.9 Å². The van der Waals surface area contributed by atoms with Gasteiger partial charge in [0.15, 0.2) is 0 Å². The Morgan fingerprint density at radius 1 is 1.17 bits per heavy atom. The number of rotatable bonds is 10. The summed E-state index contributed by atoms with van der Waals surface area (Å²) in [5, 5.41) is 33.2. The second-order valence-electron chi connectivity index (χ2n) is 11.6. The van der Waals surface area contributed by atoms with Gasteiger partial charge in [0, 0.05) is 16.7 Å². The van der Waals surface area contributed by atoms with Crippen molar-refractivity contribution in [2.45, 2.75) is 70.7 Å². The highest BCUT2D eigenvalue weighted by atomic mass is 79.9. The molecule has 0 saturated heterocycles. The Morgan fingerprint density at radius 3 is 2.57 bits per heavy atom. The fourth-order valence-electron chi connectivity index (χ4n) is 5.00. The first-order chi connectivity index (χ1) is 20.0. The van der Waals surface area contributed by atoms with E-state index < -0.39 is 35.7 Å². The lowest BCUT2D eigenvalue weighted by Crippen LogP contribution is -2.50. The minimum absolute atomic E-state index is 0.0627. The molecule has 2 unspecified atom stereocenters. The number of amides is 2. The van der Waals surface area contributed by atoms with Crippen LogP contribution in [0.3, 0.4) is 0 Å². The van der Waals surface area contributed by atoms with Crippen molar-refractivity contribution in [1.82, 2.24) is 31.3 Å². The highest BCUT2D eigenvalue weighted by molar-refractivity contribution is 9.10. The second-order valence-corrected chi connectivity index (χ2v) is 12.5. The normalized spacial score (nSPS) is 18.6. The number of hydrogen-bond donors (Lipinski definition) is 5. The fraction of sp³-hybridized carbons (Fsp3) is 0.483. The standard InChI is InChI=1S/C29H37BrFN7O4/c1-29(2,3)42-28(41)32-16-17-7-9-19(10-8-17)26(39)34-24(14-18-5-4-6-20(30)13-18)27(40)33-21-11-12-22(23(31)15-21)25-35-37-38-36-25/h4-6,11-13,15,17,19,24,26,34,39H,7-10,14,16H2,1-3H3,(H,32,41)(H,33,40)(H,35,36,37,38). The summed E-state index contributed by atoms with van der Waals surface area (Å²) in [5.41, 5.74) is 0.749. The van der Waals surface area contributed by atoms with E-state index in [1.54, 1.807) is 6.07 Å². The van der Waals surface area contributed by atoms with E-state index >= 15 is 0 Å². The monoisotopic (exact) mass is 645 g/mol. The number of benzene rings is 2. The summed E-state index contributed by atoms with van der Waals surface area (Å²) in [5.74, 6) is -0.683. The first-order valence-corrected chi connectivity index (χ1v) is 14.8. The molecule has 1 fully saturated rings. The Labute approximate surface area is 252 Å². The number of tetrazole rings is 1. The number of aromatic amines is 1. The number of aromatic nitrogens is 4. The minimum Gasteiger partial charge on any atom is -0.444 e. The van der Waals surface area contributed by atoms with Gasteiger partial charge in [0.25, 0.3) is 0 Å². The van der Waals surface area contributed by atoms with Gasteiger partial charge in [-0.25, -0.2) is 9.18 Å². The highest BCUT2D eigenvalue weighted by Crippen LogP contribution is 2.30. The molecule has 13 heteroatoms. The third-order valence-corrected chi connectivity index (χ3v) is 7.61. The van der Waals surface area contributed by atoms with E-state index in [4.69, 9.17) is 4.74 Å². The van der Waals surface area contributed by atoms with Gasteiger partial charge in [-0.15, -0.1) is 10.2 Å². The number of carbonyl (C=O) groups excluding carboxylic acids is 2. The van der Waals surface area contributed by atoms with Crippen LogP contribution in [0.25, 0.3) is 11.4 Å². The van der Waals surface area contributed by atoms with E-state index in [0.29, 0.717) is 13.0 Å². The molecule has 11 nitrogen and oxygen atoms in total. The first-order valence-electron chi connectivity index (χ1n) is 14.0. The van der Waals surface area contributed by atoms with Gasteiger partial charge in [-0.1, -0.05) is 28.1 Å². The Balaban J connectivity index is 1.37. The SMILES string of the molecule is CC(C)(C)OC(=O)NCC1CCC(C(O)NC(Cc2cccc(Br)c2)C(=O)Nc2ccc(-c3nn[nH]n3)c(F)c2)CC1. The van der Waals surface area contributed by atoms with Crippen molar-refractivity contribution in [2.24, 2.45) is 11.8 Å². The Bertz CT molecular complexity index is 1340. The summed E-state index contributed by atoms with van der Waals surface area (Å²) >= 11 is 3.47. The summed E-state index contributed by atoms with van der Waals surface area (Å²) in [6.45, 7) is 5.98. The maximum atomic E-state index is 14.7. The predicted octanol–water partition coefficient (Wildman–Crippen LogP) is 4.56. The number of anilines is 1. The number of hydrogen-bond acceptors (Lipinski definition) is 8. The lowest BCUT2D eigenvalue weighted by Gasteiger charge is -2.33. The third-order valence-electron chi connectivity index (χ3n) is 7.11. The van der Waals surface area contributed by atoms with Crippen molar-refractivity contribution in [3.8, 4) is 11.4 Å². The maximum Gasteiger partial charge on any atom is 0.407 e. The smallest absolute Gasteiger partial charge is 0.407 e. The fourth-order valence-corrected chi connectivity index (χ4v) is 5.45. The van der Waals surface area contributed by atoms with Crippen molar-refractivity contribution in [1.29, 1.82) is 0 Å². The molecule has 42 heavy (non-hydrogen) atoms. The van der Waals surface area contributed by atoms with Crippen molar-refractivity contribution < 1.29 is 23.8 Å². The molecule has 0 spiro atoms. The predicted molar refractivity (Wildman–Crippen MR) is 159 cm³/mol. The molecule has 2 amide bonds. The van der Waals surface area contributed by atoms with Gasteiger partial charge in [0.2, 0.25) is 11.7 Å². The van der Waals surface area contributed by atoms with Crippen molar-refractivity contribution in [3.63, 3.8) is 0 Å². The summed E-state index contributed by atoms with van der Waals surface area (Å²) in [4.78, 5) is 25.4. The summed E-state index contributed by atoms with van der Waals surface area (Å²) in [6.07, 6.45) is 2.08. The van der Waals surface area contributed by atoms with Crippen LogP contribution in [0, 0.1) is 17.7 Å². The number of aliphatic hydroxyl groups excluding tert-OH is 1. The lowest BCUT2D eigenvalue weighted by molar-refractivity contribution is -0.119. The molecule has 3 aromatic rings. The molecule has 1 saturated carbocycles. The number of H-pyrrole nitrogens is 1. The molecule has 2 atom stereocenters. The van der Waals surface area contributed by atoms with Gasteiger partial charge in [-0.2, -0.15) is 5.21 Å². The number of nitrogens with zero attached hydrogens (tertiary/aromatic N) is 3. The number of aliphatic hydroxyl groups is 1. The molecule has 226 valence electrons. The van der Waals surface area contributed by atoms with Crippen LogP contribution in [-0.4, -0.2) is 62.1 Å². The Kier molecular flexibility index (Phi) is 10.6. The zero-order valence-corrected chi connectivity index (χ0v) is 25.4. The molecule has 1 aliphatic carbocycles. The quantitative estimate of drug-likeness (QED) is 0.201. The Hall–Kier alpha value is -3.42. The third kappa shape index (κ3) is 9.30. The van der Waals surface area contributed by atoms with Crippen molar-refractivity contribution in [2.75, 3.05) is 11.9 Å². The van der Waals surface area contributed by atoms with Crippen LogP contribution in [0.2, 0.25) is 0 Å². The van der Waals surface area contributed by atoms with E-state index in [1.165, 1.54) is 12.1 Å². The van der Waals surface area contributed by atoms with Crippen LogP contribution in [0.4, 0.5) is 14.9 Å². The zero-order valence-electron chi connectivity index (χ0n) is 23.9. The Morgan fingerprint density at radius 2 is 1.93 bits per heavy atom.